The molecule has 0 aliphatic heterocycles. The van der Waals surface area contributed by atoms with E-state index in [4.69, 9.17) is 11.6 Å². The molecule has 1 aromatic rings. The van der Waals surface area contributed by atoms with Crippen LogP contribution in [-0.2, 0) is 6.42 Å². The summed E-state index contributed by atoms with van der Waals surface area (Å²) in [4.78, 5) is 4.44. The Bertz CT molecular complexity index is 391. The van der Waals surface area contributed by atoms with E-state index in [2.05, 4.69) is 51.7 Å². The van der Waals surface area contributed by atoms with E-state index < -0.39 is 0 Å². The summed E-state index contributed by atoms with van der Waals surface area (Å²) in [6.07, 6.45) is 2.79. The minimum atomic E-state index is 0.190. The van der Waals surface area contributed by atoms with Crippen LogP contribution in [0.3, 0.4) is 0 Å². The molecule has 1 nitrogen and oxygen atoms in total. The molecule has 0 radical (unpaired) electrons. The van der Waals surface area contributed by atoms with Crippen molar-refractivity contribution in [2.75, 3.05) is 0 Å². The van der Waals surface area contributed by atoms with Gasteiger partial charge in [-0.2, -0.15) is 0 Å². The normalized spacial score (nSPS) is 23.4. The zero-order valence-corrected chi connectivity index (χ0v) is 12.2. The minimum absolute atomic E-state index is 0.190. The number of rotatable bonds is 3. The van der Waals surface area contributed by atoms with Crippen LogP contribution >= 0.6 is 11.6 Å². The van der Waals surface area contributed by atoms with E-state index in [0.717, 1.165) is 12.1 Å². The van der Waals surface area contributed by atoms with Gasteiger partial charge >= 0.3 is 0 Å². The molecule has 17 heavy (non-hydrogen) atoms. The average molecular weight is 252 g/mol. The van der Waals surface area contributed by atoms with Gasteiger partial charge in [-0.15, -0.1) is 11.6 Å². The van der Waals surface area contributed by atoms with Crippen molar-refractivity contribution >= 4 is 11.6 Å². The maximum atomic E-state index is 6.58. The van der Waals surface area contributed by atoms with E-state index in [-0.39, 0.29) is 5.38 Å². The summed E-state index contributed by atoms with van der Waals surface area (Å²) < 4.78 is 0. The van der Waals surface area contributed by atoms with E-state index in [1.165, 1.54) is 5.56 Å². The molecule has 0 spiro atoms. The lowest BCUT2D eigenvalue weighted by Crippen LogP contribution is -2.12. The molecule has 94 valence electrons. The molecule has 1 heterocycles. The molecular formula is C15H22ClN. The molecule has 0 saturated heterocycles. The molecular weight excluding hydrogens is 230 g/mol. The van der Waals surface area contributed by atoms with Crippen LogP contribution in [0.4, 0.5) is 0 Å². The Morgan fingerprint density at radius 3 is 2.24 bits per heavy atom. The molecule has 1 unspecified atom stereocenters. The van der Waals surface area contributed by atoms with Crippen LogP contribution in [0.1, 0.15) is 39.0 Å². The monoisotopic (exact) mass is 251 g/mol. The van der Waals surface area contributed by atoms with Crippen molar-refractivity contribution in [3.8, 4) is 0 Å². The third-order valence-corrected chi connectivity index (χ3v) is 5.28. The van der Waals surface area contributed by atoms with Crippen LogP contribution in [0.25, 0.3) is 0 Å². The van der Waals surface area contributed by atoms with Gasteiger partial charge in [-0.05, 0) is 35.3 Å². The largest absolute Gasteiger partial charge is 0.261 e. The van der Waals surface area contributed by atoms with Gasteiger partial charge in [-0.1, -0.05) is 33.8 Å². The Morgan fingerprint density at radius 1 is 1.24 bits per heavy atom. The lowest BCUT2D eigenvalue weighted by molar-refractivity contribution is 0.457. The lowest BCUT2D eigenvalue weighted by atomic mass is 10.0. The molecule has 1 aliphatic rings. The first-order chi connectivity index (χ1) is 7.76. The van der Waals surface area contributed by atoms with Gasteiger partial charge in [-0.3, -0.25) is 4.98 Å². The quantitative estimate of drug-likeness (QED) is 0.733. The van der Waals surface area contributed by atoms with Gasteiger partial charge in [0.15, 0.2) is 0 Å². The summed E-state index contributed by atoms with van der Waals surface area (Å²) in [6, 6.07) is 4.20. The second-order valence-corrected chi connectivity index (χ2v) is 7.03. The highest BCUT2D eigenvalue weighted by Crippen LogP contribution is 2.70. The van der Waals surface area contributed by atoms with E-state index in [1.54, 1.807) is 0 Å². The number of nitrogens with zero attached hydrogens (tertiary/aromatic N) is 1. The highest BCUT2D eigenvalue weighted by atomic mass is 35.5. The van der Waals surface area contributed by atoms with Gasteiger partial charge in [0.1, 0.15) is 0 Å². The Hall–Kier alpha value is -0.560. The summed E-state index contributed by atoms with van der Waals surface area (Å²) in [5, 5.41) is 0.190. The van der Waals surface area contributed by atoms with Crippen LogP contribution < -0.4 is 0 Å². The van der Waals surface area contributed by atoms with Crippen molar-refractivity contribution in [3.63, 3.8) is 0 Å². The van der Waals surface area contributed by atoms with Gasteiger partial charge < -0.3 is 0 Å². The first-order valence-corrected chi connectivity index (χ1v) is 6.76. The molecule has 1 aromatic heterocycles. The molecule has 0 aromatic carbocycles. The van der Waals surface area contributed by atoms with Crippen molar-refractivity contribution < 1.29 is 0 Å². The average Bonchev–Trinajstić information content (AvgIpc) is 2.61. The third kappa shape index (κ3) is 2.10. The molecule has 0 amide bonds. The number of pyridine rings is 1. The number of alkyl halides is 1. The fourth-order valence-electron chi connectivity index (χ4n) is 3.09. The summed E-state index contributed by atoms with van der Waals surface area (Å²) in [5.74, 6) is 0.583. The van der Waals surface area contributed by atoms with Gasteiger partial charge in [0.25, 0.3) is 0 Å². The smallest absolute Gasteiger partial charge is 0.0430 e. The number of halogens is 1. The second-order valence-electron chi connectivity index (χ2n) is 6.47. The maximum absolute atomic E-state index is 6.58. The standard InChI is InChI=1S/C15H22ClN/c1-10-6-7-11(17-9-10)8-12(16)13-14(2,3)15(13,4)5/h6-7,9,12-13H,8H2,1-5H3. The first kappa shape index (κ1) is 12.9. The van der Waals surface area contributed by atoms with Crippen molar-refractivity contribution in [1.29, 1.82) is 0 Å². The van der Waals surface area contributed by atoms with Crippen LogP contribution in [0.2, 0.25) is 0 Å². The minimum Gasteiger partial charge on any atom is -0.261 e. The first-order valence-electron chi connectivity index (χ1n) is 6.32. The lowest BCUT2D eigenvalue weighted by Gasteiger charge is -2.11. The highest BCUT2D eigenvalue weighted by Gasteiger charge is 2.66. The number of hydrogen-bond donors (Lipinski definition) is 0. The zero-order chi connectivity index (χ0) is 12.8. The SMILES string of the molecule is Cc1ccc(CC(Cl)C2C(C)(C)C2(C)C)nc1. The number of aromatic nitrogens is 1. The van der Waals surface area contributed by atoms with Gasteiger partial charge in [-0.25, -0.2) is 0 Å². The van der Waals surface area contributed by atoms with Gasteiger partial charge in [0.2, 0.25) is 0 Å². The van der Waals surface area contributed by atoms with Crippen LogP contribution in [0.5, 0.6) is 0 Å². The van der Waals surface area contributed by atoms with Gasteiger partial charge in [0, 0.05) is 23.7 Å². The fraction of sp³-hybridized carbons (Fsp3) is 0.667. The molecule has 2 rings (SSSR count). The Kier molecular flexibility index (Phi) is 3.02. The summed E-state index contributed by atoms with van der Waals surface area (Å²) in [5.41, 5.74) is 3.01. The topological polar surface area (TPSA) is 12.9 Å². The van der Waals surface area contributed by atoms with Crippen molar-refractivity contribution in [2.24, 2.45) is 16.7 Å². The Balaban J connectivity index is 2.04. The summed E-state index contributed by atoms with van der Waals surface area (Å²) in [7, 11) is 0. The van der Waals surface area contributed by atoms with Crippen molar-refractivity contribution in [2.45, 2.75) is 46.4 Å². The predicted octanol–water partition coefficient (Wildman–Crippen LogP) is 4.22. The molecule has 0 bridgehead atoms. The highest BCUT2D eigenvalue weighted by molar-refractivity contribution is 6.21. The zero-order valence-electron chi connectivity index (χ0n) is 11.4. The van der Waals surface area contributed by atoms with E-state index in [0.29, 0.717) is 16.7 Å². The van der Waals surface area contributed by atoms with Crippen LogP contribution in [-0.4, -0.2) is 10.4 Å². The molecule has 1 aliphatic carbocycles. The third-order valence-electron chi connectivity index (χ3n) is 4.87. The molecule has 1 fully saturated rings. The summed E-state index contributed by atoms with van der Waals surface area (Å²) in [6.45, 7) is 11.3. The van der Waals surface area contributed by atoms with Gasteiger partial charge in [0.05, 0.1) is 0 Å². The molecule has 0 N–H and O–H groups in total. The predicted molar refractivity (Wildman–Crippen MR) is 73.4 cm³/mol. The fourth-order valence-corrected chi connectivity index (χ4v) is 3.88. The van der Waals surface area contributed by atoms with E-state index in [9.17, 15) is 0 Å². The van der Waals surface area contributed by atoms with E-state index in [1.807, 2.05) is 6.20 Å². The molecule has 1 atom stereocenters. The molecule has 1 saturated carbocycles. The van der Waals surface area contributed by atoms with Crippen LogP contribution in [0.15, 0.2) is 18.3 Å². The van der Waals surface area contributed by atoms with Crippen LogP contribution in [0, 0.1) is 23.7 Å². The Morgan fingerprint density at radius 2 is 1.82 bits per heavy atom. The summed E-state index contributed by atoms with van der Waals surface area (Å²) >= 11 is 6.58. The van der Waals surface area contributed by atoms with Crippen molar-refractivity contribution in [3.05, 3.63) is 29.6 Å². The Labute approximate surface area is 110 Å². The second kappa shape index (κ2) is 3.98. The molecule has 2 heteroatoms. The number of hydrogen-bond acceptors (Lipinski definition) is 1. The van der Waals surface area contributed by atoms with E-state index >= 15 is 0 Å². The van der Waals surface area contributed by atoms with Crippen molar-refractivity contribution in [1.82, 2.24) is 4.98 Å². The number of aryl methyl sites for hydroxylation is 1. The maximum Gasteiger partial charge on any atom is 0.0430 e.